The number of hydrogen-bond acceptors (Lipinski definition) is 9. The lowest BCUT2D eigenvalue weighted by molar-refractivity contribution is -0.142. The van der Waals surface area contributed by atoms with Crippen molar-refractivity contribution in [1.29, 1.82) is 0 Å². The number of benzene rings is 2. The molecule has 19 heteroatoms. The average Bonchev–Trinajstić information content (AvgIpc) is 3.23. The van der Waals surface area contributed by atoms with Crippen LogP contribution in [0.3, 0.4) is 0 Å². The van der Waals surface area contributed by atoms with Gasteiger partial charge in [0.15, 0.2) is 0 Å². The number of carboxylic acid groups (broad SMARTS) is 1. The van der Waals surface area contributed by atoms with E-state index in [0.717, 1.165) is 10.1 Å². The van der Waals surface area contributed by atoms with E-state index >= 15 is 0 Å². The number of hydrogen-bond donors (Lipinski definition) is 3. The van der Waals surface area contributed by atoms with E-state index in [-0.39, 0.29) is 53.4 Å². The first-order valence-electron chi connectivity index (χ1n) is 20.3. The monoisotopic (exact) mass is 962 g/mol. The van der Waals surface area contributed by atoms with Crippen LogP contribution >= 0.6 is 46.4 Å². The maximum Gasteiger partial charge on any atom is 0.341 e. The van der Waals surface area contributed by atoms with Crippen molar-refractivity contribution in [1.82, 2.24) is 34.2 Å². The van der Waals surface area contributed by atoms with Crippen LogP contribution in [0, 0.1) is 10.8 Å². The predicted molar refractivity (Wildman–Crippen MR) is 252 cm³/mol. The Morgan fingerprint density at radius 2 is 1.09 bits per heavy atom. The Labute approximate surface area is 393 Å². The Morgan fingerprint density at radius 3 is 1.51 bits per heavy atom. The number of carbonyl (C=O) groups is 4. The summed E-state index contributed by atoms with van der Waals surface area (Å²) in [6.07, 6.45) is 3.06. The summed E-state index contributed by atoms with van der Waals surface area (Å²) in [7, 11) is 0. The highest BCUT2D eigenvalue weighted by Crippen LogP contribution is 2.30. The third kappa shape index (κ3) is 11.7. The van der Waals surface area contributed by atoms with E-state index in [0.29, 0.717) is 80.4 Å². The van der Waals surface area contributed by atoms with Gasteiger partial charge in [-0.1, -0.05) is 86.2 Å². The van der Waals surface area contributed by atoms with Gasteiger partial charge in [0.05, 0.1) is 0 Å². The molecule has 2 aliphatic rings. The van der Waals surface area contributed by atoms with Crippen molar-refractivity contribution in [3.8, 4) is 0 Å². The number of halogens is 4. The minimum Gasteiger partial charge on any atom is -0.477 e. The van der Waals surface area contributed by atoms with Gasteiger partial charge in [-0.3, -0.25) is 33.1 Å². The van der Waals surface area contributed by atoms with Crippen LogP contribution < -0.4 is 22.2 Å². The Kier molecular flexibility index (Phi) is 15.1. The number of nitrogens with two attached hydrogens (primary N) is 1. The number of nitrogens with zero attached hydrogens (tertiary/aromatic N) is 6. The first-order valence-corrected chi connectivity index (χ1v) is 21.8. The van der Waals surface area contributed by atoms with Gasteiger partial charge < -0.3 is 26.0 Å². The lowest BCUT2D eigenvalue weighted by atomic mass is 9.84. The molecular formula is C46H46Cl4N8O7. The lowest BCUT2D eigenvalue weighted by Crippen LogP contribution is -2.56. The largest absolute Gasteiger partial charge is 0.477 e. The second-order valence-corrected chi connectivity index (χ2v) is 18.9. The van der Waals surface area contributed by atoms with E-state index in [1.165, 1.54) is 22.9 Å². The summed E-state index contributed by atoms with van der Waals surface area (Å²) in [4.78, 5) is 86.6. The molecule has 4 aromatic heterocycles. The van der Waals surface area contributed by atoms with Gasteiger partial charge in [-0.25, -0.2) is 14.8 Å². The number of pyridine rings is 4. The first kappa shape index (κ1) is 48.6. The molecule has 0 spiro atoms. The van der Waals surface area contributed by atoms with Gasteiger partial charge in [0.25, 0.3) is 17.0 Å². The number of amides is 3. The number of carbonyl (C=O) groups excluding carboxylic acids is 3. The van der Waals surface area contributed by atoms with Crippen LogP contribution in [0.5, 0.6) is 0 Å². The molecule has 0 bridgehead atoms. The van der Waals surface area contributed by atoms with Crippen LogP contribution in [0.2, 0.25) is 20.1 Å². The van der Waals surface area contributed by atoms with Crippen molar-refractivity contribution in [3.63, 3.8) is 0 Å². The van der Waals surface area contributed by atoms with Gasteiger partial charge in [0.2, 0.25) is 11.8 Å². The number of fused-ring (bicyclic) bond motifs is 2. The van der Waals surface area contributed by atoms with Gasteiger partial charge in [-0.15, -0.1) is 0 Å². The second-order valence-electron chi connectivity index (χ2n) is 17.2. The Balaban J connectivity index is 0.000000184. The van der Waals surface area contributed by atoms with Crippen LogP contribution in [-0.2, 0) is 35.8 Å². The Hall–Kier alpha value is -5.84. The fourth-order valence-corrected chi connectivity index (χ4v) is 8.40. The first-order chi connectivity index (χ1) is 30.7. The van der Waals surface area contributed by atoms with Gasteiger partial charge in [-0.05, 0) is 82.6 Å². The van der Waals surface area contributed by atoms with Gasteiger partial charge in [-0.2, -0.15) is 0 Å². The molecule has 340 valence electrons. The van der Waals surface area contributed by atoms with E-state index in [1.807, 2.05) is 6.07 Å². The molecule has 2 aliphatic heterocycles. The smallest absolute Gasteiger partial charge is 0.341 e. The molecule has 2 saturated heterocycles. The van der Waals surface area contributed by atoms with E-state index < -0.39 is 23.0 Å². The Bertz CT molecular complexity index is 2940. The topological polar surface area (TPSA) is 203 Å². The van der Waals surface area contributed by atoms with Crippen molar-refractivity contribution in [2.24, 2.45) is 16.6 Å². The number of nitrogens with one attached hydrogen (secondary N) is 1. The maximum absolute atomic E-state index is 13.2. The highest BCUT2D eigenvalue weighted by molar-refractivity contribution is 6.35. The van der Waals surface area contributed by atoms with Crippen molar-refractivity contribution in [2.45, 2.75) is 53.9 Å². The van der Waals surface area contributed by atoms with Crippen molar-refractivity contribution in [2.75, 3.05) is 26.2 Å². The van der Waals surface area contributed by atoms with Crippen LogP contribution in [0.25, 0.3) is 22.1 Å². The SMILES string of the molecule is CC1(C)CN(C(=O)Cn2c(=O)c(C(=O)NCc3ccc(Cl)cc3Cl)cc3cccnc32)C1.CC1(C)CN(C(=O)Cn2c(=O)c(C(=O)O)cc3cccnc32)C1.NCc1ccc(Cl)cc1Cl. The van der Waals surface area contributed by atoms with E-state index in [1.54, 1.807) is 70.6 Å². The zero-order chi connectivity index (χ0) is 47.4. The average molecular weight is 965 g/mol. The highest BCUT2D eigenvalue weighted by Gasteiger charge is 2.38. The van der Waals surface area contributed by atoms with Crippen LogP contribution in [0.15, 0.2) is 94.8 Å². The van der Waals surface area contributed by atoms with E-state index in [4.69, 9.17) is 52.1 Å². The van der Waals surface area contributed by atoms with E-state index in [9.17, 15) is 33.9 Å². The summed E-state index contributed by atoms with van der Waals surface area (Å²) in [6.45, 7) is 11.0. The summed E-state index contributed by atoms with van der Waals surface area (Å²) in [5.74, 6) is -2.25. The summed E-state index contributed by atoms with van der Waals surface area (Å²) in [5, 5.41) is 15.2. The van der Waals surface area contributed by atoms with Gasteiger partial charge in [0, 0.05) is 82.5 Å². The molecule has 15 nitrogen and oxygen atoms in total. The number of likely N-dealkylation sites (tertiary alicyclic amines) is 2. The number of aromatic carboxylic acids is 1. The number of carboxylic acids is 1. The standard InChI is InChI=1S/C23H22Cl2N4O3.C16H17N3O4.C7H7Cl2N/c1-23(2)12-28(13-23)19(30)11-29-20-14(4-3-7-26-20)8-17(22(29)32)21(31)27-10-15-5-6-16(24)9-18(15)25;1-16(2)8-18(9-16)12(20)7-19-13-10(4-3-5-17-13)6-11(14(19)21)15(22)23;8-6-2-1-5(4-10)7(9)3-6/h3-9H,10-13H2,1-2H3,(H,27,31);3-6H,7-9H2,1-2H3,(H,22,23);1-3H,4,10H2. The second kappa shape index (κ2) is 20.1. The third-order valence-electron chi connectivity index (χ3n) is 10.6. The van der Waals surface area contributed by atoms with Crippen LogP contribution in [-0.4, -0.2) is 83.9 Å². The summed E-state index contributed by atoms with van der Waals surface area (Å²) in [5.41, 5.74) is 6.11. The molecule has 0 saturated carbocycles. The molecule has 0 unspecified atom stereocenters. The molecule has 0 aliphatic carbocycles. The molecule has 8 rings (SSSR count). The van der Waals surface area contributed by atoms with Crippen molar-refractivity contribution >= 4 is 92.2 Å². The molecule has 2 aromatic carbocycles. The minimum absolute atomic E-state index is 0.0627. The minimum atomic E-state index is -1.31. The number of rotatable bonds is 9. The maximum atomic E-state index is 13.2. The summed E-state index contributed by atoms with van der Waals surface area (Å²) in [6, 6.07) is 19.8. The molecule has 3 amide bonds. The molecule has 65 heavy (non-hydrogen) atoms. The highest BCUT2D eigenvalue weighted by atomic mass is 35.5. The Morgan fingerprint density at radius 1 is 0.662 bits per heavy atom. The quantitative estimate of drug-likeness (QED) is 0.137. The van der Waals surface area contributed by atoms with Crippen molar-refractivity contribution < 1.29 is 24.3 Å². The molecular weight excluding hydrogens is 918 g/mol. The van der Waals surface area contributed by atoms with Crippen LogP contribution in [0.1, 0.15) is 59.5 Å². The third-order valence-corrected chi connectivity index (χ3v) is 11.8. The summed E-state index contributed by atoms with van der Waals surface area (Å²) < 4.78 is 2.42. The summed E-state index contributed by atoms with van der Waals surface area (Å²) >= 11 is 23.5. The van der Waals surface area contributed by atoms with Crippen molar-refractivity contribution in [3.05, 3.63) is 148 Å². The fourth-order valence-electron chi connectivity index (χ4n) is 7.44. The molecule has 0 radical (unpaired) electrons. The molecule has 4 N–H and O–H groups in total. The normalized spacial score (nSPS) is 14.5. The molecule has 6 heterocycles. The fraction of sp³-hybridized carbons (Fsp3) is 0.304. The lowest BCUT2D eigenvalue weighted by Gasteiger charge is -2.45. The number of aromatic nitrogens is 4. The van der Waals surface area contributed by atoms with Gasteiger partial charge in [0.1, 0.15) is 35.5 Å². The van der Waals surface area contributed by atoms with E-state index in [2.05, 4.69) is 43.0 Å². The molecule has 2 fully saturated rings. The zero-order valence-electron chi connectivity index (χ0n) is 35.9. The predicted octanol–water partition coefficient (Wildman–Crippen LogP) is 6.92. The van der Waals surface area contributed by atoms with Crippen LogP contribution in [0.4, 0.5) is 0 Å². The molecule has 0 atom stereocenters. The van der Waals surface area contributed by atoms with Gasteiger partial charge >= 0.3 is 5.97 Å². The molecule has 6 aromatic rings. The zero-order valence-corrected chi connectivity index (χ0v) is 38.9.